The van der Waals surface area contributed by atoms with E-state index in [0.29, 0.717) is 58.0 Å². The Morgan fingerprint density at radius 1 is 0.848 bits per heavy atom. The number of hydrogen-bond donors (Lipinski definition) is 3. The van der Waals surface area contributed by atoms with Crippen LogP contribution in [0.1, 0.15) is 117 Å². The summed E-state index contributed by atoms with van der Waals surface area (Å²) in [6.07, 6.45) is 6.35. The minimum absolute atomic E-state index is 0.0861. The van der Waals surface area contributed by atoms with Gasteiger partial charge in [0.05, 0.1) is 74.1 Å². The van der Waals surface area contributed by atoms with Crippen LogP contribution in [0.4, 0.5) is 5.69 Å². The zero-order valence-electron chi connectivity index (χ0n) is 39.1. The maximum absolute atomic E-state index is 13.3. The Labute approximate surface area is 387 Å². The number of quaternary nitrogens is 1. The Balaban J connectivity index is 0.00000108. The number of likely N-dealkylation sites (N-methyl/N-ethyl adjacent to an activating group) is 2. The fourth-order valence-electron chi connectivity index (χ4n) is 8.60. The van der Waals surface area contributed by atoms with Gasteiger partial charge >= 0.3 is 5.97 Å². The highest BCUT2D eigenvalue weighted by Gasteiger charge is 2.37. The highest BCUT2D eigenvalue weighted by Crippen LogP contribution is 2.46. The molecule has 3 heterocycles. The molecule has 0 aliphatic carbocycles. The van der Waals surface area contributed by atoms with E-state index in [0.717, 1.165) is 19.3 Å². The van der Waals surface area contributed by atoms with Crippen molar-refractivity contribution in [3.8, 4) is 11.5 Å². The van der Waals surface area contributed by atoms with Crippen LogP contribution in [0.25, 0.3) is 27.2 Å². The molecule has 0 spiro atoms. The van der Waals surface area contributed by atoms with Gasteiger partial charge in [0, 0.05) is 78.1 Å². The van der Waals surface area contributed by atoms with E-state index in [9.17, 15) is 40.6 Å². The molecular formula is C47H61N7O10S2. The van der Waals surface area contributed by atoms with Crippen LogP contribution in [0.15, 0.2) is 59.7 Å². The highest BCUT2D eigenvalue weighted by atomic mass is 32.2. The Kier molecular flexibility index (Phi) is 16.0. The number of rotatable bonds is 17. The third-order valence-corrected chi connectivity index (χ3v) is 14.0. The first kappa shape index (κ1) is 51.4. The first-order valence-corrected chi connectivity index (χ1v) is 25.2. The van der Waals surface area contributed by atoms with E-state index in [1.807, 2.05) is 51.3 Å². The van der Waals surface area contributed by atoms with Crippen molar-refractivity contribution in [2.24, 2.45) is 5.11 Å². The van der Waals surface area contributed by atoms with E-state index < -0.39 is 54.7 Å². The molecule has 0 unspecified atom stereocenters. The van der Waals surface area contributed by atoms with Crippen LogP contribution in [0.2, 0.25) is 0 Å². The highest BCUT2D eigenvalue weighted by molar-refractivity contribution is 7.86. The lowest BCUT2D eigenvalue weighted by Crippen LogP contribution is -3.11. The second-order valence-corrected chi connectivity index (χ2v) is 20.7. The Morgan fingerprint density at radius 2 is 1.47 bits per heavy atom. The number of unbranched alkanes of at least 4 members (excludes halogenated alkanes) is 3. The molecule has 6 rings (SSSR count). The summed E-state index contributed by atoms with van der Waals surface area (Å²) < 4.78 is 81.8. The molecule has 356 valence electrons. The number of carbonyl (C=O) groups is 2. The minimum atomic E-state index is -4.75. The molecule has 19 heteroatoms. The molecule has 3 aliphatic heterocycles. The quantitative estimate of drug-likeness (QED) is 0.0337. The number of azide groups is 1. The lowest BCUT2D eigenvalue weighted by Gasteiger charge is -2.42. The van der Waals surface area contributed by atoms with Gasteiger partial charge in [0.25, 0.3) is 5.91 Å². The number of carbonyl (C=O) groups excluding carboxylic acids is 1. The molecule has 3 aromatic rings. The van der Waals surface area contributed by atoms with Crippen LogP contribution >= 0.6 is 0 Å². The molecular weight excluding hydrogens is 887 g/mol. The summed E-state index contributed by atoms with van der Waals surface area (Å²) in [5.74, 6) is -2.90. The van der Waals surface area contributed by atoms with Crippen LogP contribution in [0, 0.1) is 0 Å². The zero-order valence-corrected chi connectivity index (χ0v) is 40.8. The van der Waals surface area contributed by atoms with E-state index in [1.165, 1.54) is 37.8 Å². The molecule has 3 aromatic carbocycles. The van der Waals surface area contributed by atoms with Gasteiger partial charge in [0.2, 0.25) is 5.36 Å². The van der Waals surface area contributed by atoms with Gasteiger partial charge in [-0.1, -0.05) is 30.1 Å². The fourth-order valence-corrected chi connectivity index (χ4v) is 9.84. The summed E-state index contributed by atoms with van der Waals surface area (Å²) >= 11 is 0. The lowest BCUT2D eigenvalue weighted by molar-refractivity contribution is -0.894. The first-order valence-electron chi connectivity index (χ1n) is 22.1. The fraction of sp³-hybridized carbons (Fsp3) is 0.468. The van der Waals surface area contributed by atoms with Crippen molar-refractivity contribution in [2.45, 2.75) is 85.2 Å². The third kappa shape index (κ3) is 11.9. The second-order valence-electron chi connectivity index (χ2n) is 17.9. The number of aromatic carboxylic acids is 1. The Morgan fingerprint density at radius 3 is 2.05 bits per heavy atom. The van der Waals surface area contributed by atoms with Crippen LogP contribution in [0.5, 0.6) is 11.5 Å². The number of amides is 1. The zero-order chi connectivity index (χ0) is 48.9. The summed E-state index contributed by atoms with van der Waals surface area (Å²) in [4.78, 5) is 32.8. The van der Waals surface area contributed by atoms with Crippen LogP contribution in [-0.2, 0) is 20.2 Å². The molecule has 66 heavy (non-hydrogen) atoms. The van der Waals surface area contributed by atoms with Gasteiger partial charge in [-0.3, -0.25) is 4.79 Å². The molecule has 3 N–H and O–H groups in total. The standard InChI is InChI=1S/C41H46N6O10S2.C6H15N/c1-40(2)20-25(22-58(51,52)53)28-16-31-35(18-33(28)46(40)5)57-36-19-34-29(26(23-59(54,55)56)21-41(3,4)47(34)6)17-32(36)37(31)27-12-11-24(15-30(27)39(49)50)38(48)43-13-9-7-8-10-14-44-45-42;1-4-7(5-2)6-3/h11-12,15-21H,7-10,13-14,22-23H2,1-6H3,(H3-,43,48,49,50,51,52,53,54,55,56);4-6H2,1-3H3. The van der Waals surface area contributed by atoms with Crippen LogP contribution in [0.3, 0.4) is 0 Å². The summed E-state index contributed by atoms with van der Waals surface area (Å²) in [6.45, 7) is 18.7. The number of ether oxygens (including phenoxy) is 1. The molecule has 0 radical (unpaired) electrons. The number of anilines is 1. The summed E-state index contributed by atoms with van der Waals surface area (Å²) in [7, 11) is -5.88. The molecule has 0 saturated carbocycles. The average molecular weight is 948 g/mol. The lowest BCUT2D eigenvalue weighted by atomic mass is 9.83. The number of hydrogen-bond acceptors (Lipinski definition) is 11. The smallest absolute Gasteiger partial charge is 0.336 e. The molecule has 1 amide bonds. The normalized spacial score (nSPS) is 15.7. The number of fused-ring (bicyclic) bond motifs is 4. The minimum Gasteiger partial charge on any atom is -0.748 e. The molecule has 0 aromatic heterocycles. The monoisotopic (exact) mass is 947 g/mol. The van der Waals surface area contributed by atoms with Gasteiger partial charge in [-0.2, -0.15) is 0 Å². The van der Waals surface area contributed by atoms with Gasteiger partial charge in [0.1, 0.15) is 18.5 Å². The largest absolute Gasteiger partial charge is 0.748 e. The number of nitrogens with zero attached hydrogens (tertiary/aromatic N) is 5. The van der Waals surface area contributed by atoms with Crippen molar-refractivity contribution in [1.82, 2.24) is 9.89 Å². The molecule has 0 atom stereocenters. The van der Waals surface area contributed by atoms with Gasteiger partial charge in [0.15, 0.2) is 5.54 Å². The number of carboxylic acid groups (broad SMARTS) is 1. The SMILES string of the molecule is CC[NH+](CC)CC.CN1c2cc3c(cc2C(CS(=O)(=O)[O-])=CC1(C)C)C(c1ccc(C(=O)NCCCCCCN=[N+]=[N-])cc1C(=O)O)=c1cc2c(cc1O3)=[N+](C)C(C)(C)C=C2CS(=O)(=O)[O-]. The van der Waals surface area contributed by atoms with E-state index in [2.05, 4.69) is 36.1 Å². The van der Waals surface area contributed by atoms with E-state index in [-0.39, 0.29) is 39.3 Å². The Hall–Kier alpha value is -5.56. The summed E-state index contributed by atoms with van der Waals surface area (Å²) in [6, 6.07) is 11.0. The maximum atomic E-state index is 13.3. The van der Waals surface area contributed by atoms with Crippen LogP contribution in [-0.4, -0.2) is 112 Å². The van der Waals surface area contributed by atoms with E-state index in [1.54, 1.807) is 41.3 Å². The van der Waals surface area contributed by atoms with Crippen molar-refractivity contribution >= 4 is 54.5 Å². The van der Waals surface area contributed by atoms with Gasteiger partial charge in [-0.05, 0) is 100 Å². The number of benzene rings is 3. The van der Waals surface area contributed by atoms with Crippen molar-refractivity contribution in [1.29, 1.82) is 0 Å². The van der Waals surface area contributed by atoms with Crippen molar-refractivity contribution in [2.75, 3.05) is 63.2 Å². The van der Waals surface area contributed by atoms with Crippen molar-refractivity contribution < 1.29 is 50.3 Å². The first-order chi connectivity index (χ1) is 30.9. The molecule has 0 saturated heterocycles. The Bertz CT molecular complexity index is 2870. The predicted molar refractivity (Wildman–Crippen MR) is 253 cm³/mol. The van der Waals surface area contributed by atoms with Gasteiger partial charge < -0.3 is 34.1 Å². The predicted octanol–water partition coefficient (Wildman–Crippen LogP) is 4.27. The summed E-state index contributed by atoms with van der Waals surface area (Å²) in [5, 5.41) is 17.9. The topological polar surface area (TPSA) is 249 Å². The second kappa shape index (κ2) is 20.5. The average Bonchev–Trinajstić information content (AvgIpc) is 3.23. The number of nitrogens with one attached hydrogen (secondary N) is 2. The molecule has 3 aliphatic rings. The maximum Gasteiger partial charge on any atom is 0.336 e. The van der Waals surface area contributed by atoms with Crippen LogP contribution < -0.4 is 35.0 Å². The summed E-state index contributed by atoms with van der Waals surface area (Å²) in [5.41, 5.74) is 9.49. The molecule has 0 fully saturated rings. The third-order valence-electron chi connectivity index (χ3n) is 12.6. The van der Waals surface area contributed by atoms with E-state index in [4.69, 9.17) is 10.3 Å². The van der Waals surface area contributed by atoms with E-state index >= 15 is 0 Å². The van der Waals surface area contributed by atoms with Crippen molar-refractivity contribution in [3.63, 3.8) is 0 Å². The molecule has 17 nitrogen and oxygen atoms in total. The van der Waals surface area contributed by atoms with Gasteiger partial charge in [-0.25, -0.2) is 26.2 Å². The molecule has 0 bridgehead atoms. The number of carboxylic acids is 1. The van der Waals surface area contributed by atoms with Crippen molar-refractivity contribution in [3.05, 3.63) is 109 Å². The van der Waals surface area contributed by atoms with Gasteiger partial charge in [-0.15, -0.1) is 0 Å².